The van der Waals surface area contributed by atoms with Crippen molar-refractivity contribution in [2.75, 3.05) is 18.4 Å². The van der Waals surface area contributed by atoms with E-state index in [-0.39, 0.29) is 27.5 Å². The lowest BCUT2D eigenvalue weighted by atomic mass is 10.2. The number of hydrazine groups is 1. The molecular weight excluding hydrogens is 465 g/mol. The molecule has 0 spiro atoms. The number of amides is 2. The van der Waals surface area contributed by atoms with Gasteiger partial charge in [0.05, 0.1) is 18.6 Å². The Balaban J connectivity index is 1.59. The maximum Gasteiger partial charge on any atom is 0.269 e. The van der Waals surface area contributed by atoms with E-state index in [2.05, 4.69) is 15.6 Å². The fourth-order valence-corrected chi connectivity index (χ4v) is 3.91. The summed E-state index contributed by atoms with van der Waals surface area (Å²) in [4.78, 5) is 24.4. The zero-order valence-corrected chi connectivity index (χ0v) is 19.1. The van der Waals surface area contributed by atoms with Crippen molar-refractivity contribution < 1.29 is 31.9 Å². The van der Waals surface area contributed by atoms with Gasteiger partial charge in [0.1, 0.15) is 5.75 Å². The van der Waals surface area contributed by atoms with Gasteiger partial charge in [-0.1, -0.05) is 0 Å². The van der Waals surface area contributed by atoms with E-state index in [1.54, 1.807) is 12.1 Å². The second kappa shape index (κ2) is 10.7. The Bertz CT molecular complexity index is 1280. The molecule has 3 aromatic rings. The first-order chi connectivity index (χ1) is 16.2. The molecule has 34 heavy (non-hydrogen) atoms. The Morgan fingerprint density at radius 1 is 0.882 bits per heavy atom. The van der Waals surface area contributed by atoms with Crippen LogP contribution in [0.15, 0.2) is 71.6 Å². The van der Waals surface area contributed by atoms with Crippen LogP contribution in [0.25, 0.3) is 0 Å². The van der Waals surface area contributed by atoms with Crippen LogP contribution in [0.2, 0.25) is 0 Å². The molecule has 0 heterocycles. The quantitative estimate of drug-likeness (QED) is 0.420. The van der Waals surface area contributed by atoms with E-state index in [0.29, 0.717) is 12.4 Å². The highest BCUT2D eigenvalue weighted by Crippen LogP contribution is 2.20. The van der Waals surface area contributed by atoms with Gasteiger partial charge in [-0.2, -0.15) is 0 Å². The van der Waals surface area contributed by atoms with Gasteiger partial charge < -0.3 is 9.47 Å². The number of sulfonamides is 1. The second-order valence-corrected chi connectivity index (χ2v) is 8.53. The van der Waals surface area contributed by atoms with Gasteiger partial charge in [0.15, 0.2) is 11.6 Å². The third-order valence-electron chi connectivity index (χ3n) is 4.55. The molecule has 0 aliphatic rings. The predicted molar refractivity (Wildman–Crippen MR) is 123 cm³/mol. The monoisotopic (exact) mass is 487 g/mol. The van der Waals surface area contributed by atoms with E-state index in [9.17, 15) is 22.4 Å². The number of nitrogens with one attached hydrogen (secondary N) is 3. The summed E-state index contributed by atoms with van der Waals surface area (Å²) in [5.41, 5.74) is 4.77. The summed E-state index contributed by atoms with van der Waals surface area (Å²) in [6.07, 6.45) is 0. The van der Waals surface area contributed by atoms with Crippen LogP contribution in [0.4, 0.5) is 10.1 Å². The Kier molecular flexibility index (Phi) is 7.69. The minimum absolute atomic E-state index is 0.0150. The number of rotatable bonds is 8. The average Bonchev–Trinajstić information content (AvgIpc) is 2.83. The Morgan fingerprint density at radius 3 is 2.03 bits per heavy atom. The molecule has 0 aliphatic heterocycles. The van der Waals surface area contributed by atoms with Gasteiger partial charge in [-0.3, -0.25) is 25.2 Å². The van der Waals surface area contributed by atoms with Gasteiger partial charge in [-0.05, 0) is 73.7 Å². The van der Waals surface area contributed by atoms with Crippen molar-refractivity contribution in [1.82, 2.24) is 10.9 Å². The van der Waals surface area contributed by atoms with Crippen molar-refractivity contribution in [3.8, 4) is 11.5 Å². The third-order valence-corrected chi connectivity index (χ3v) is 5.95. The molecule has 11 heteroatoms. The first-order valence-electron chi connectivity index (χ1n) is 10.0. The van der Waals surface area contributed by atoms with Crippen molar-refractivity contribution in [3.05, 3.63) is 83.7 Å². The van der Waals surface area contributed by atoms with Crippen LogP contribution in [0.3, 0.4) is 0 Å². The number of anilines is 1. The molecule has 0 saturated carbocycles. The summed E-state index contributed by atoms with van der Waals surface area (Å²) in [5, 5.41) is 0. The molecule has 0 atom stereocenters. The highest BCUT2D eigenvalue weighted by molar-refractivity contribution is 7.92. The number of hydrogen-bond donors (Lipinski definition) is 3. The van der Waals surface area contributed by atoms with Gasteiger partial charge in [0, 0.05) is 16.8 Å². The van der Waals surface area contributed by atoms with Gasteiger partial charge >= 0.3 is 0 Å². The largest absolute Gasteiger partial charge is 0.494 e. The summed E-state index contributed by atoms with van der Waals surface area (Å²) in [6, 6.07) is 15.1. The Labute approximate surface area is 195 Å². The van der Waals surface area contributed by atoms with E-state index in [0.717, 1.165) is 6.07 Å². The predicted octanol–water partition coefficient (Wildman–Crippen LogP) is 3.11. The number of benzene rings is 3. The normalized spacial score (nSPS) is 10.8. The molecule has 0 aliphatic carbocycles. The van der Waals surface area contributed by atoms with Crippen LogP contribution in [0, 0.1) is 5.82 Å². The minimum atomic E-state index is -3.84. The summed E-state index contributed by atoms with van der Waals surface area (Å²) >= 11 is 0. The lowest BCUT2D eigenvalue weighted by Crippen LogP contribution is -2.41. The molecule has 2 amide bonds. The number of hydrogen-bond acceptors (Lipinski definition) is 6. The highest BCUT2D eigenvalue weighted by atomic mass is 32.2. The minimum Gasteiger partial charge on any atom is -0.494 e. The fraction of sp³-hybridized carbons (Fsp3) is 0.130. The lowest BCUT2D eigenvalue weighted by molar-refractivity contribution is 0.0846. The van der Waals surface area contributed by atoms with Crippen LogP contribution >= 0.6 is 0 Å². The van der Waals surface area contributed by atoms with Crippen LogP contribution in [-0.4, -0.2) is 33.9 Å². The molecule has 178 valence electrons. The van der Waals surface area contributed by atoms with E-state index in [4.69, 9.17) is 9.47 Å². The first-order valence-corrected chi connectivity index (χ1v) is 11.5. The molecule has 0 aromatic heterocycles. The number of carbonyl (C=O) groups is 2. The molecular formula is C23H22FN3O6S. The molecule has 0 unspecified atom stereocenters. The van der Waals surface area contributed by atoms with Crippen molar-refractivity contribution >= 4 is 27.5 Å². The smallest absolute Gasteiger partial charge is 0.269 e. The molecule has 0 radical (unpaired) electrons. The maximum absolute atomic E-state index is 13.7. The number of halogens is 1. The molecule has 3 N–H and O–H groups in total. The second-order valence-electron chi connectivity index (χ2n) is 6.84. The number of methoxy groups -OCH3 is 1. The van der Waals surface area contributed by atoms with Gasteiger partial charge in [0.2, 0.25) is 0 Å². The van der Waals surface area contributed by atoms with Gasteiger partial charge in [-0.25, -0.2) is 12.8 Å². The SMILES string of the molecule is CCOc1ccc(S(=O)(=O)Nc2ccc(C(=O)NNC(=O)c3ccc(OC)c(F)c3)cc2)cc1. The summed E-state index contributed by atoms with van der Waals surface area (Å²) in [5.74, 6) is -1.55. The molecule has 3 aromatic carbocycles. The molecule has 0 saturated heterocycles. The Hall–Kier alpha value is -4.12. The van der Waals surface area contributed by atoms with Crippen molar-refractivity contribution in [2.45, 2.75) is 11.8 Å². The zero-order valence-electron chi connectivity index (χ0n) is 18.3. The van der Waals surface area contributed by atoms with Crippen LogP contribution in [-0.2, 0) is 10.0 Å². The topological polar surface area (TPSA) is 123 Å². The van der Waals surface area contributed by atoms with E-state index in [1.807, 2.05) is 6.92 Å². The van der Waals surface area contributed by atoms with Gasteiger partial charge in [-0.15, -0.1) is 0 Å². The number of ether oxygens (including phenoxy) is 2. The van der Waals surface area contributed by atoms with Crippen molar-refractivity contribution in [1.29, 1.82) is 0 Å². The van der Waals surface area contributed by atoms with Crippen LogP contribution < -0.4 is 25.0 Å². The molecule has 9 nitrogen and oxygen atoms in total. The lowest BCUT2D eigenvalue weighted by Gasteiger charge is -2.11. The van der Waals surface area contributed by atoms with Crippen molar-refractivity contribution in [3.63, 3.8) is 0 Å². The van der Waals surface area contributed by atoms with Crippen molar-refractivity contribution in [2.24, 2.45) is 0 Å². The zero-order chi connectivity index (χ0) is 24.7. The highest BCUT2D eigenvalue weighted by Gasteiger charge is 2.15. The van der Waals surface area contributed by atoms with Crippen LogP contribution in [0.5, 0.6) is 11.5 Å². The average molecular weight is 488 g/mol. The maximum atomic E-state index is 13.7. The standard InChI is InChI=1S/C23H22FN3O6S/c1-3-33-18-9-11-19(12-10-18)34(30,31)27-17-7-4-15(5-8-17)22(28)25-26-23(29)16-6-13-21(32-2)20(24)14-16/h4-14,27H,3H2,1-2H3,(H,25,28)(H,26,29). The third kappa shape index (κ3) is 6.01. The van der Waals surface area contributed by atoms with E-state index >= 15 is 0 Å². The fourth-order valence-electron chi connectivity index (χ4n) is 2.85. The summed E-state index contributed by atoms with van der Waals surface area (Å²) < 4.78 is 51.4. The van der Waals surface area contributed by atoms with Gasteiger partial charge in [0.25, 0.3) is 21.8 Å². The summed E-state index contributed by atoms with van der Waals surface area (Å²) in [7, 11) is -2.54. The van der Waals surface area contributed by atoms with E-state index in [1.165, 1.54) is 55.6 Å². The Morgan fingerprint density at radius 2 is 1.47 bits per heavy atom. The van der Waals surface area contributed by atoms with E-state index < -0.39 is 27.7 Å². The molecule has 3 rings (SSSR count). The first kappa shape index (κ1) is 24.5. The number of carbonyl (C=O) groups excluding carboxylic acids is 2. The summed E-state index contributed by atoms with van der Waals surface area (Å²) in [6.45, 7) is 2.29. The van der Waals surface area contributed by atoms with Crippen LogP contribution in [0.1, 0.15) is 27.6 Å². The molecule has 0 fully saturated rings. The molecule has 0 bridgehead atoms.